The predicted molar refractivity (Wildman–Crippen MR) is 91.8 cm³/mol. The summed E-state index contributed by atoms with van der Waals surface area (Å²) in [5.41, 5.74) is -0.244. The summed E-state index contributed by atoms with van der Waals surface area (Å²) in [6, 6.07) is 0. The molecule has 0 saturated carbocycles. The van der Waals surface area contributed by atoms with Gasteiger partial charge in [-0.2, -0.15) is 0 Å². The molecule has 0 amide bonds. The first-order chi connectivity index (χ1) is 11.0. The third-order valence-electron chi connectivity index (χ3n) is 5.08. The molecule has 23 heavy (non-hydrogen) atoms. The minimum atomic E-state index is -0.244. The smallest absolute Gasteiger partial charge is 0.308 e. The van der Waals surface area contributed by atoms with E-state index < -0.39 is 0 Å². The molecule has 0 spiro atoms. The van der Waals surface area contributed by atoms with Crippen LogP contribution in [0.1, 0.15) is 72.6 Å². The maximum Gasteiger partial charge on any atom is 0.308 e. The van der Waals surface area contributed by atoms with Gasteiger partial charge in [0.15, 0.2) is 0 Å². The lowest BCUT2D eigenvalue weighted by Gasteiger charge is -2.43. The minimum Gasteiger partial charge on any atom is -0.469 e. The van der Waals surface area contributed by atoms with Crippen LogP contribution in [0.25, 0.3) is 0 Å². The summed E-state index contributed by atoms with van der Waals surface area (Å²) >= 11 is 0. The molecule has 0 aromatic rings. The van der Waals surface area contributed by atoms with Gasteiger partial charge in [0.05, 0.1) is 13.5 Å². The fourth-order valence-corrected chi connectivity index (χ4v) is 3.36. The van der Waals surface area contributed by atoms with Gasteiger partial charge < -0.3 is 4.74 Å². The van der Waals surface area contributed by atoms with Crippen LogP contribution in [0, 0.1) is 11.8 Å². The molecule has 1 aliphatic heterocycles. The summed E-state index contributed by atoms with van der Waals surface area (Å²) in [5, 5.41) is 0. The van der Waals surface area contributed by atoms with Crippen molar-refractivity contribution < 1.29 is 19.3 Å². The Morgan fingerprint density at radius 1 is 1.35 bits per heavy atom. The molecular formula is C19H34O4. The molecule has 0 bridgehead atoms. The van der Waals surface area contributed by atoms with Crippen LogP contribution in [0.3, 0.4) is 0 Å². The SMILES string of the molecule is CCC=CC(CC)CC1(CC)CC(CC)C(CC(=O)OC)OO1. The first-order valence-electron chi connectivity index (χ1n) is 9.12. The molecular weight excluding hydrogens is 292 g/mol. The summed E-state index contributed by atoms with van der Waals surface area (Å²) in [6.07, 6.45) is 10.6. The Morgan fingerprint density at radius 3 is 2.61 bits per heavy atom. The average molecular weight is 326 g/mol. The highest BCUT2D eigenvalue weighted by Crippen LogP contribution is 2.41. The van der Waals surface area contributed by atoms with Crippen LogP contribution >= 0.6 is 0 Å². The molecule has 4 unspecified atom stereocenters. The van der Waals surface area contributed by atoms with Crippen molar-refractivity contribution in [1.82, 2.24) is 0 Å². The molecule has 0 radical (unpaired) electrons. The zero-order valence-corrected chi connectivity index (χ0v) is 15.5. The summed E-state index contributed by atoms with van der Waals surface area (Å²) in [4.78, 5) is 23.1. The topological polar surface area (TPSA) is 44.8 Å². The molecule has 4 atom stereocenters. The zero-order chi connectivity index (χ0) is 17.3. The van der Waals surface area contributed by atoms with Crippen molar-refractivity contribution in [2.24, 2.45) is 11.8 Å². The molecule has 1 saturated heterocycles. The number of allylic oxidation sites excluding steroid dienone is 2. The summed E-state index contributed by atoms with van der Waals surface area (Å²) in [6.45, 7) is 8.68. The normalized spacial score (nSPS) is 29.6. The number of hydrogen-bond acceptors (Lipinski definition) is 4. The van der Waals surface area contributed by atoms with Crippen LogP contribution in [0.2, 0.25) is 0 Å². The number of carbonyl (C=O) groups is 1. The molecule has 1 aliphatic rings. The molecule has 0 aromatic carbocycles. The Balaban J connectivity index is 2.77. The zero-order valence-electron chi connectivity index (χ0n) is 15.5. The van der Waals surface area contributed by atoms with Gasteiger partial charge in [0.25, 0.3) is 0 Å². The molecule has 134 valence electrons. The standard InChI is InChI=1S/C19H34O4/c1-6-10-11-15(7-2)13-19(9-4)14-16(8-3)17(22-23-19)12-18(20)21-5/h10-11,15-17H,6-9,12-14H2,1-5H3. The Kier molecular flexibility index (Phi) is 8.85. The van der Waals surface area contributed by atoms with Crippen LogP contribution in [0.4, 0.5) is 0 Å². The molecule has 0 aliphatic carbocycles. The van der Waals surface area contributed by atoms with E-state index in [0.717, 1.165) is 38.5 Å². The largest absolute Gasteiger partial charge is 0.469 e. The van der Waals surface area contributed by atoms with Crippen molar-refractivity contribution in [2.45, 2.75) is 84.3 Å². The van der Waals surface area contributed by atoms with E-state index in [1.165, 1.54) is 7.11 Å². The summed E-state index contributed by atoms with van der Waals surface area (Å²) in [7, 11) is 1.41. The average Bonchev–Trinajstić information content (AvgIpc) is 2.59. The molecule has 1 fully saturated rings. The first-order valence-corrected chi connectivity index (χ1v) is 9.12. The van der Waals surface area contributed by atoms with Crippen LogP contribution in [-0.4, -0.2) is 24.8 Å². The van der Waals surface area contributed by atoms with Crippen molar-refractivity contribution in [3.63, 3.8) is 0 Å². The highest BCUT2D eigenvalue weighted by atomic mass is 17.2. The second-order valence-electron chi connectivity index (χ2n) is 6.62. The van der Waals surface area contributed by atoms with Gasteiger partial charge in [0.2, 0.25) is 0 Å². The number of hydrogen-bond donors (Lipinski definition) is 0. The number of rotatable bonds is 9. The van der Waals surface area contributed by atoms with Gasteiger partial charge in [0.1, 0.15) is 11.7 Å². The van der Waals surface area contributed by atoms with E-state index in [4.69, 9.17) is 14.5 Å². The van der Waals surface area contributed by atoms with Crippen molar-refractivity contribution in [1.29, 1.82) is 0 Å². The third-order valence-corrected chi connectivity index (χ3v) is 5.08. The van der Waals surface area contributed by atoms with Crippen LogP contribution < -0.4 is 0 Å². The van der Waals surface area contributed by atoms with Gasteiger partial charge in [-0.15, -0.1) is 0 Å². The van der Waals surface area contributed by atoms with Crippen molar-refractivity contribution in [3.05, 3.63) is 12.2 Å². The molecule has 0 aromatic heterocycles. The fraction of sp³-hybridized carbons (Fsp3) is 0.842. The fourth-order valence-electron chi connectivity index (χ4n) is 3.36. The molecule has 4 nitrogen and oxygen atoms in total. The van der Waals surface area contributed by atoms with E-state index in [1.54, 1.807) is 0 Å². The highest BCUT2D eigenvalue weighted by molar-refractivity contribution is 5.69. The first kappa shape index (κ1) is 20.2. The quantitative estimate of drug-likeness (QED) is 0.346. The lowest BCUT2D eigenvalue weighted by atomic mass is 9.77. The summed E-state index contributed by atoms with van der Waals surface area (Å²) in [5.74, 6) is 0.599. The van der Waals surface area contributed by atoms with Gasteiger partial charge in [0, 0.05) is 0 Å². The van der Waals surface area contributed by atoms with E-state index >= 15 is 0 Å². The lowest BCUT2D eigenvalue weighted by molar-refractivity contribution is -0.424. The maximum atomic E-state index is 11.5. The summed E-state index contributed by atoms with van der Waals surface area (Å²) < 4.78 is 4.77. The number of esters is 1. The van der Waals surface area contributed by atoms with Gasteiger partial charge in [-0.3, -0.25) is 4.79 Å². The Bertz CT molecular complexity index is 380. The monoisotopic (exact) mass is 326 g/mol. The molecule has 4 heteroatoms. The van der Waals surface area contributed by atoms with Crippen molar-refractivity contribution in [2.75, 3.05) is 7.11 Å². The van der Waals surface area contributed by atoms with E-state index in [-0.39, 0.29) is 24.1 Å². The minimum absolute atomic E-state index is 0.196. The lowest BCUT2D eigenvalue weighted by Crippen LogP contribution is -2.46. The van der Waals surface area contributed by atoms with Crippen LogP contribution in [-0.2, 0) is 19.3 Å². The Morgan fingerprint density at radius 2 is 2.09 bits per heavy atom. The predicted octanol–water partition coefficient (Wildman–Crippen LogP) is 4.83. The molecule has 0 N–H and O–H groups in total. The van der Waals surface area contributed by atoms with Gasteiger partial charge >= 0.3 is 5.97 Å². The van der Waals surface area contributed by atoms with Crippen molar-refractivity contribution in [3.8, 4) is 0 Å². The van der Waals surface area contributed by atoms with Crippen LogP contribution in [0.5, 0.6) is 0 Å². The van der Waals surface area contributed by atoms with E-state index in [1.807, 2.05) is 0 Å². The highest BCUT2D eigenvalue weighted by Gasteiger charge is 2.43. The van der Waals surface area contributed by atoms with Crippen molar-refractivity contribution >= 4 is 5.97 Å². The van der Waals surface area contributed by atoms with E-state index in [0.29, 0.717) is 11.8 Å². The number of carbonyl (C=O) groups excluding carboxylic acids is 1. The van der Waals surface area contributed by atoms with E-state index in [9.17, 15) is 4.79 Å². The maximum absolute atomic E-state index is 11.5. The van der Waals surface area contributed by atoms with Gasteiger partial charge in [-0.05, 0) is 43.9 Å². The van der Waals surface area contributed by atoms with E-state index in [2.05, 4.69) is 39.8 Å². The number of ether oxygens (including phenoxy) is 1. The third kappa shape index (κ3) is 5.92. The second kappa shape index (κ2) is 10.1. The molecule has 1 heterocycles. The van der Waals surface area contributed by atoms with Gasteiger partial charge in [-0.1, -0.05) is 46.3 Å². The van der Waals surface area contributed by atoms with Crippen LogP contribution in [0.15, 0.2) is 12.2 Å². The van der Waals surface area contributed by atoms with Gasteiger partial charge in [-0.25, -0.2) is 9.78 Å². The Hall–Kier alpha value is -0.870. The Labute approximate surface area is 141 Å². The molecule has 1 rings (SSSR count). The number of methoxy groups -OCH3 is 1. The second-order valence-corrected chi connectivity index (χ2v) is 6.62.